The van der Waals surface area contributed by atoms with Crippen LogP contribution in [-0.2, 0) is 6.42 Å². The molecule has 5 heteroatoms. The van der Waals surface area contributed by atoms with Crippen LogP contribution in [0.3, 0.4) is 0 Å². The number of benzene rings is 1. The van der Waals surface area contributed by atoms with Gasteiger partial charge in [-0.2, -0.15) is 4.98 Å². The summed E-state index contributed by atoms with van der Waals surface area (Å²) in [6.07, 6.45) is 4.05. The third-order valence-electron chi connectivity index (χ3n) is 2.98. The van der Waals surface area contributed by atoms with Crippen LogP contribution >= 0.6 is 0 Å². The van der Waals surface area contributed by atoms with Gasteiger partial charge >= 0.3 is 0 Å². The molecule has 0 fully saturated rings. The van der Waals surface area contributed by atoms with E-state index in [1.54, 1.807) is 12.4 Å². The second kappa shape index (κ2) is 5.63. The Kier molecular flexibility index (Phi) is 3.52. The van der Waals surface area contributed by atoms with Gasteiger partial charge in [0, 0.05) is 18.0 Å². The predicted octanol–water partition coefficient (Wildman–Crippen LogP) is 2.37. The monoisotopic (exact) mass is 266 g/mol. The summed E-state index contributed by atoms with van der Waals surface area (Å²) in [5.41, 5.74) is 8.06. The average molecular weight is 266 g/mol. The number of pyridine rings is 1. The van der Waals surface area contributed by atoms with Crippen molar-refractivity contribution in [2.24, 2.45) is 5.73 Å². The molecule has 0 aliphatic rings. The van der Waals surface area contributed by atoms with Crippen molar-refractivity contribution in [1.29, 1.82) is 0 Å². The van der Waals surface area contributed by atoms with E-state index < -0.39 is 0 Å². The highest BCUT2D eigenvalue weighted by Gasteiger charge is 2.16. The number of hydrogen-bond acceptors (Lipinski definition) is 5. The summed E-state index contributed by atoms with van der Waals surface area (Å²) in [5, 5.41) is 3.94. The Labute approximate surface area is 116 Å². The summed E-state index contributed by atoms with van der Waals surface area (Å²) >= 11 is 0. The van der Waals surface area contributed by atoms with E-state index in [0.717, 1.165) is 11.1 Å². The van der Waals surface area contributed by atoms with Crippen molar-refractivity contribution < 1.29 is 4.52 Å². The van der Waals surface area contributed by atoms with Crippen molar-refractivity contribution >= 4 is 0 Å². The standard InChI is InChI=1S/C15H14N4O/c16-13(9-11-5-2-1-3-6-11)15-18-14(19-20-15)12-7-4-8-17-10-12/h1-8,10,13H,9,16H2. The normalized spacial score (nSPS) is 12.2. The molecule has 0 amide bonds. The van der Waals surface area contributed by atoms with Gasteiger partial charge in [0.1, 0.15) is 0 Å². The van der Waals surface area contributed by atoms with E-state index in [2.05, 4.69) is 15.1 Å². The molecule has 5 nitrogen and oxygen atoms in total. The number of nitrogens with two attached hydrogens (primary N) is 1. The molecule has 1 atom stereocenters. The average Bonchev–Trinajstić information content (AvgIpc) is 2.99. The lowest BCUT2D eigenvalue weighted by atomic mass is 10.1. The van der Waals surface area contributed by atoms with E-state index >= 15 is 0 Å². The molecule has 2 N–H and O–H groups in total. The Balaban J connectivity index is 1.77. The smallest absolute Gasteiger partial charge is 0.244 e. The second-order valence-electron chi connectivity index (χ2n) is 4.49. The third kappa shape index (κ3) is 2.73. The van der Waals surface area contributed by atoms with Crippen molar-refractivity contribution in [2.75, 3.05) is 0 Å². The first kappa shape index (κ1) is 12.5. The molecular weight excluding hydrogens is 252 g/mol. The van der Waals surface area contributed by atoms with Crippen LogP contribution in [0.5, 0.6) is 0 Å². The lowest BCUT2D eigenvalue weighted by molar-refractivity contribution is 0.354. The van der Waals surface area contributed by atoms with E-state index in [9.17, 15) is 0 Å². The topological polar surface area (TPSA) is 77.8 Å². The molecule has 0 aliphatic carbocycles. The van der Waals surface area contributed by atoms with Gasteiger partial charge in [0.25, 0.3) is 0 Å². The molecule has 1 aromatic carbocycles. The first-order valence-corrected chi connectivity index (χ1v) is 6.36. The van der Waals surface area contributed by atoms with Crippen LogP contribution in [-0.4, -0.2) is 15.1 Å². The molecule has 100 valence electrons. The molecule has 0 bridgehead atoms. The molecule has 3 aromatic rings. The molecular formula is C15H14N4O. The fourth-order valence-corrected chi connectivity index (χ4v) is 1.95. The molecule has 2 aromatic heterocycles. The third-order valence-corrected chi connectivity index (χ3v) is 2.98. The molecule has 2 heterocycles. The Morgan fingerprint density at radius 3 is 2.70 bits per heavy atom. The van der Waals surface area contributed by atoms with Gasteiger partial charge in [-0.1, -0.05) is 35.5 Å². The Hall–Kier alpha value is -2.53. The molecule has 0 saturated carbocycles. The number of nitrogens with zero attached hydrogens (tertiary/aromatic N) is 3. The minimum Gasteiger partial charge on any atom is -0.337 e. The molecule has 20 heavy (non-hydrogen) atoms. The number of rotatable bonds is 4. The molecule has 0 radical (unpaired) electrons. The zero-order chi connectivity index (χ0) is 13.8. The van der Waals surface area contributed by atoms with Gasteiger partial charge in [0.2, 0.25) is 11.7 Å². The minimum absolute atomic E-state index is 0.310. The van der Waals surface area contributed by atoms with Gasteiger partial charge in [-0.15, -0.1) is 0 Å². The van der Waals surface area contributed by atoms with Crippen molar-refractivity contribution in [2.45, 2.75) is 12.5 Å². The highest BCUT2D eigenvalue weighted by Crippen LogP contribution is 2.19. The summed E-state index contributed by atoms with van der Waals surface area (Å²) in [4.78, 5) is 8.36. The van der Waals surface area contributed by atoms with E-state index in [-0.39, 0.29) is 6.04 Å². The van der Waals surface area contributed by atoms with E-state index in [1.807, 2.05) is 42.5 Å². The second-order valence-corrected chi connectivity index (χ2v) is 4.49. The van der Waals surface area contributed by atoms with Crippen LogP contribution in [0.4, 0.5) is 0 Å². The Bertz CT molecular complexity index is 667. The first-order chi connectivity index (χ1) is 9.83. The van der Waals surface area contributed by atoms with Crippen LogP contribution in [0.1, 0.15) is 17.5 Å². The van der Waals surface area contributed by atoms with Crippen molar-refractivity contribution in [3.63, 3.8) is 0 Å². The van der Waals surface area contributed by atoms with Gasteiger partial charge in [0.05, 0.1) is 6.04 Å². The van der Waals surface area contributed by atoms with Crippen LogP contribution in [0.25, 0.3) is 11.4 Å². The summed E-state index contributed by atoms with van der Waals surface area (Å²) in [7, 11) is 0. The lowest BCUT2D eigenvalue weighted by Crippen LogP contribution is -2.13. The van der Waals surface area contributed by atoms with Gasteiger partial charge in [0.15, 0.2) is 0 Å². The highest BCUT2D eigenvalue weighted by molar-refractivity contribution is 5.51. The Morgan fingerprint density at radius 1 is 1.10 bits per heavy atom. The minimum atomic E-state index is -0.310. The van der Waals surface area contributed by atoms with E-state index in [4.69, 9.17) is 10.3 Å². The maximum atomic E-state index is 6.11. The maximum absolute atomic E-state index is 6.11. The van der Waals surface area contributed by atoms with E-state index in [0.29, 0.717) is 18.1 Å². The molecule has 1 unspecified atom stereocenters. The number of aromatic nitrogens is 3. The van der Waals surface area contributed by atoms with Gasteiger partial charge in [-0.05, 0) is 24.1 Å². The van der Waals surface area contributed by atoms with Gasteiger partial charge in [-0.25, -0.2) is 0 Å². The molecule has 3 rings (SSSR count). The van der Waals surface area contributed by atoms with Crippen molar-refractivity contribution in [3.05, 3.63) is 66.3 Å². The fraction of sp³-hybridized carbons (Fsp3) is 0.133. The van der Waals surface area contributed by atoms with Crippen LogP contribution in [0, 0.1) is 0 Å². The van der Waals surface area contributed by atoms with Crippen LogP contribution < -0.4 is 5.73 Å². The van der Waals surface area contributed by atoms with Crippen LogP contribution in [0.2, 0.25) is 0 Å². The SMILES string of the molecule is NC(Cc1ccccc1)c1nc(-c2cccnc2)no1. The highest BCUT2D eigenvalue weighted by atomic mass is 16.5. The summed E-state index contributed by atoms with van der Waals surface area (Å²) in [6, 6.07) is 13.4. The zero-order valence-electron chi connectivity index (χ0n) is 10.8. The molecule has 0 spiro atoms. The van der Waals surface area contributed by atoms with Crippen molar-refractivity contribution in [3.8, 4) is 11.4 Å². The first-order valence-electron chi connectivity index (χ1n) is 6.36. The summed E-state index contributed by atoms with van der Waals surface area (Å²) < 4.78 is 5.24. The zero-order valence-corrected chi connectivity index (χ0v) is 10.8. The Morgan fingerprint density at radius 2 is 1.95 bits per heavy atom. The quantitative estimate of drug-likeness (QED) is 0.784. The fourth-order valence-electron chi connectivity index (χ4n) is 1.95. The largest absolute Gasteiger partial charge is 0.337 e. The van der Waals surface area contributed by atoms with Crippen molar-refractivity contribution in [1.82, 2.24) is 15.1 Å². The number of hydrogen-bond donors (Lipinski definition) is 1. The molecule has 0 aliphatic heterocycles. The van der Waals surface area contributed by atoms with Crippen LogP contribution in [0.15, 0.2) is 59.4 Å². The summed E-state index contributed by atoms with van der Waals surface area (Å²) in [5.74, 6) is 0.948. The lowest BCUT2D eigenvalue weighted by Gasteiger charge is -2.05. The van der Waals surface area contributed by atoms with E-state index in [1.165, 1.54) is 0 Å². The summed E-state index contributed by atoms with van der Waals surface area (Å²) in [6.45, 7) is 0. The van der Waals surface area contributed by atoms with Gasteiger partial charge < -0.3 is 10.3 Å². The maximum Gasteiger partial charge on any atom is 0.244 e. The predicted molar refractivity (Wildman–Crippen MR) is 74.6 cm³/mol. The molecule has 0 saturated heterocycles. The van der Waals surface area contributed by atoms with Gasteiger partial charge in [-0.3, -0.25) is 4.98 Å².